The molecule has 1 aromatic carbocycles. The fourth-order valence-electron chi connectivity index (χ4n) is 1.69. The summed E-state index contributed by atoms with van der Waals surface area (Å²) in [5.74, 6) is -1.45. The van der Waals surface area contributed by atoms with E-state index in [4.69, 9.17) is 11.6 Å². The van der Waals surface area contributed by atoms with E-state index < -0.39 is 11.9 Å². The Morgan fingerprint density at radius 3 is 2.63 bits per heavy atom. The molecular formula is C13H10BrClN2O2. The Hall–Kier alpha value is -1.46. The molecule has 0 aliphatic rings. The predicted molar refractivity (Wildman–Crippen MR) is 75.3 cm³/mol. The third-order valence-corrected chi connectivity index (χ3v) is 3.22. The van der Waals surface area contributed by atoms with Crippen molar-refractivity contribution in [1.82, 2.24) is 9.97 Å². The lowest BCUT2D eigenvalue weighted by Gasteiger charge is -2.11. The topological polar surface area (TPSA) is 63.1 Å². The van der Waals surface area contributed by atoms with E-state index in [1.165, 1.54) is 12.4 Å². The fraction of sp³-hybridized carbons (Fsp3) is 0.154. The van der Waals surface area contributed by atoms with Gasteiger partial charge in [0, 0.05) is 17.4 Å². The Balaban J connectivity index is 2.26. The number of nitrogens with zero attached hydrogens (tertiary/aromatic N) is 2. The van der Waals surface area contributed by atoms with Crippen LogP contribution in [0, 0.1) is 0 Å². The van der Waals surface area contributed by atoms with Crippen molar-refractivity contribution in [2.24, 2.45) is 0 Å². The molecule has 6 heteroatoms. The van der Waals surface area contributed by atoms with Crippen LogP contribution < -0.4 is 0 Å². The zero-order chi connectivity index (χ0) is 13.8. The molecule has 0 saturated heterocycles. The van der Waals surface area contributed by atoms with Crippen LogP contribution in [0.15, 0.2) is 41.1 Å². The van der Waals surface area contributed by atoms with E-state index in [0.717, 1.165) is 5.56 Å². The Morgan fingerprint density at radius 2 is 2.05 bits per heavy atom. The molecule has 0 radical (unpaired) electrons. The quantitative estimate of drug-likeness (QED) is 0.927. The van der Waals surface area contributed by atoms with Crippen molar-refractivity contribution in [3.8, 4) is 0 Å². The summed E-state index contributed by atoms with van der Waals surface area (Å²) in [6.07, 6.45) is 3.38. The number of carboxylic acid groups (broad SMARTS) is 1. The Labute approximate surface area is 123 Å². The molecule has 1 atom stereocenters. The molecule has 0 spiro atoms. The second-order valence-corrected chi connectivity index (χ2v) is 5.34. The van der Waals surface area contributed by atoms with Gasteiger partial charge in [-0.25, -0.2) is 9.97 Å². The van der Waals surface area contributed by atoms with Crippen LogP contribution in [0.5, 0.6) is 0 Å². The predicted octanol–water partition coefficient (Wildman–Crippen LogP) is 3.30. The normalized spacial score (nSPS) is 12.1. The SMILES string of the molecule is O=C(O)C(Cc1cccc(Cl)c1)c1ncc(Br)cn1. The maximum atomic E-state index is 11.3. The summed E-state index contributed by atoms with van der Waals surface area (Å²) >= 11 is 9.11. The van der Waals surface area contributed by atoms with Crippen molar-refractivity contribution >= 4 is 33.5 Å². The van der Waals surface area contributed by atoms with E-state index in [9.17, 15) is 9.90 Å². The van der Waals surface area contributed by atoms with Gasteiger partial charge in [0.2, 0.25) is 0 Å². The number of carboxylic acids is 1. The minimum atomic E-state index is -0.956. The van der Waals surface area contributed by atoms with Gasteiger partial charge in [-0.1, -0.05) is 23.7 Å². The zero-order valence-corrected chi connectivity index (χ0v) is 12.1. The van der Waals surface area contributed by atoms with Crippen molar-refractivity contribution < 1.29 is 9.90 Å². The Kier molecular flexibility index (Phi) is 4.50. The van der Waals surface area contributed by atoms with E-state index >= 15 is 0 Å². The van der Waals surface area contributed by atoms with E-state index in [0.29, 0.717) is 15.9 Å². The molecule has 0 aliphatic carbocycles. The summed E-state index contributed by atoms with van der Waals surface area (Å²) in [5, 5.41) is 9.88. The number of carbonyl (C=O) groups is 1. The molecule has 0 saturated carbocycles. The molecule has 1 unspecified atom stereocenters. The highest BCUT2D eigenvalue weighted by atomic mass is 79.9. The number of aliphatic carboxylic acids is 1. The van der Waals surface area contributed by atoms with Gasteiger partial charge >= 0.3 is 5.97 Å². The van der Waals surface area contributed by atoms with E-state index in [1.807, 2.05) is 6.07 Å². The largest absolute Gasteiger partial charge is 0.481 e. The third-order valence-electron chi connectivity index (χ3n) is 2.58. The Morgan fingerprint density at radius 1 is 1.37 bits per heavy atom. The molecule has 0 fully saturated rings. The van der Waals surface area contributed by atoms with Gasteiger partial charge in [-0.3, -0.25) is 4.79 Å². The maximum absolute atomic E-state index is 11.3. The van der Waals surface area contributed by atoms with Crippen LogP contribution in [0.25, 0.3) is 0 Å². The second-order valence-electron chi connectivity index (χ2n) is 3.98. The number of rotatable bonds is 4. The summed E-state index contributed by atoms with van der Waals surface area (Å²) in [5.41, 5.74) is 0.839. The average Bonchev–Trinajstić information content (AvgIpc) is 2.37. The van der Waals surface area contributed by atoms with Gasteiger partial charge in [0.15, 0.2) is 0 Å². The molecular weight excluding hydrogens is 332 g/mol. The standard InChI is InChI=1S/C13H10BrClN2O2/c14-9-6-16-12(17-7-9)11(13(18)19)5-8-2-1-3-10(15)4-8/h1-4,6-7,11H,5H2,(H,18,19). The highest BCUT2D eigenvalue weighted by Crippen LogP contribution is 2.21. The molecule has 1 heterocycles. The number of hydrogen-bond donors (Lipinski definition) is 1. The van der Waals surface area contributed by atoms with Crippen molar-refractivity contribution in [1.29, 1.82) is 0 Å². The lowest BCUT2D eigenvalue weighted by molar-refractivity contribution is -0.139. The third kappa shape index (κ3) is 3.75. The second kappa shape index (κ2) is 6.12. The van der Waals surface area contributed by atoms with E-state index in [-0.39, 0.29) is 5.82 Å². The van der Waals surface area contributed by atoms with Crippen LogP contribution in [0.1, 0.15) is 17.3 Å². The highest BCUT2D eigenvalue weighted by Gasteiger charge is 2.23. The first-order valence-electron chi connectivity index (χ1n) is 5.51. The van der Waals surface area contributed by atoms with Crippen LogP contribution in [-0.4, -0.2) is 21.0 Å². The van der Waals surface area contributed by atoms with E-state index in [2.05, 4.69) is 25.9 Å². The van der Waals surface area contributed by atoms with Crippen LogP contribution >= 0.6 is 27.5 Å². The first kappa shape index (κ1) is 14.0. The van der Waals surface area contributed by atoms with Crippen molar-refractivity contribution in [3.05, 3.63) is 57.5 Å². The minimum Gasteiger partial charge on any atom is -0.481 e. The van der Waals surface area contributed by atoms with Crippen LogP contribution in [0.3, 0.4) is 0 Å². The zero-order valence-electron chi connectivity index (χ0n) is 9.75. The molecule has 1 N–H and O–H groups in total. The van der Waals surface area contributed by atoms with Crippen molar-refractivity contribution in [2.45, 2.75) is 12.3 Å². The lowest BCUT2D eigenvalue weighted by atomic mass is 9.98. The van der Waals surface area contributed by atoms with Crippen molar-refractivity contribution in [2.75, 3.05) is 0 Å². The van der Waals surface area contributed by atoms with Crippen LogP contribution in [-0.2, 0) is 11.2 Å². The summed E-state index contributed by atoms with van der Waals surface area (Å²) in [6, 6.07) is 7.12. The molecule has 1 aromatic heterocycles. The van der Waals surface area contributed by atoms with Gasteiger partial charge in [0.05, 0.1) is 4.47 Å². The van der Waals surface area contributed by atoms with E-state index in [1.54, 1.807) is 18.2 Å². The summed E-state index contributed by atoms with van der Waals surface area (Å²) < 4.78 is 0.711. The van der Waals surface area contributed by atoms with Gasteiger partial charge in [0.1, 0.15) is 11.7 Å². The highest BCUT2D eigenvalue weighted by molar-refractivity contribution is 9.10. The molecule has 0 amide bonds. The fourth-order valence-corrected chi connectivity index (χ4v) is 2.11. The van der Waals surface area contributed by atoms with Gasteiger partial charge in [-0.05, 0) is 40.0 Å². The van der Waals surface area contributed by atoms with Gasteiger partial charge in [0.25, 0.3) is 0 Å². The van der Waals surface area contributed by atoms with Crippen LogP contribution in [0.4, 0.5) is 0 Å². The molecule has 4 nitrogen and oxygen atoms in total. The smallest absolute Gasteiger partial charge is 0.314 e. The van der Waals surface area contributed by atoms with Crippen LogP contribution in [0.2, 0.25) is 5.02 Å². The Bertz CT molecular complexity index is 589. The number of halogens is 2. The molecule has 2 aromatic rings. The molecule has 0 aliphatic heterocycles. The summed E-state index contributed by atoms with van der Waals surface area (Å²) in [6.45, 7) is 0. The monoisotopic (exact) mass is 340 g/mol. The molecule has 19 heavy (non-hydrogen) atoms. The maximum Gasteiger partial charge on any atom is 0.314 e. The average molecular weight is 342 g/mol. The first-order chi connectivity index (χ1) is 9.06. The lowest BCUT2D eigenvalue weighted by Crippen LogP contribution is -2.17. The van der Waals surface area contributed by atoms with Gasteiger partial charge in [-0.15, -0.1) is 0 Å². The van der Waals surface area contributed by atoms with Crippen molar-refractivity contribution in [3.63, 3.8) is 0 Å². The first-order valence-corrected chi connectivity index (χ1v) is 6.68. The van der Waals surface area contributed by atoms with Gasteiger partial charge in [-0.2, -0.15) is 0 Å². The summed E-state index contributed by atoms with van der Waals surface area (Å²) in [4.78, 5) is 19.4. The minimum absolute atomic E-state index is 0.288. The number of hydrogen-bond acceptors (Lipinski definition) is 3. The molecule has 98 valence electrons. The molecule has 2 rings (SSSR count). The number of benzene rings is 1. The molecule has 0 bridgehead atoms. The number of aromatic nitrogens is 2. The van der Waals surface area contributed by atoms with Gasteiger partial charge < -0.3 is 5.11 Å². The summed E-state index contributed by atoms with van der Waals surface area (Å²) in [7, 11) is 0.